The fraction of sp³-hybridized carbons (Fsp3) is 0.0714. The number of para-hydroxylation sites is 1. The molecule has 1 aliphatic heterocycles. The summed E-state index contributed by atoms with van der Waals surface area (Å²) < 4.78 is 5.72. The largest absolute Gasteiger partial charge is 0.472 e. The molecule has 0 bridgehead atoms. The van der Waals surface area contributed by atoms with Crippen molar-refractivity contribution in [3.8, 4) is 5.75 Å². The van der Waals surface area contributed by atoms with Crippen LogP contribution in [-0.2, 0) is 4.79 Å². The van der Waals surface area contributed by atoms with Gasteiger partial charge in [0.25, 0.3) is 5.91 Å². The first-order valence-electron chi connectivity index (χ1n) is 5.56. The molecule has 0 unspecified atom stereocenters. The van der Waals surface area contributed by atoms with Crippen LogP contribution in [0.25, 0.3) is 0 Å². The second kappa shape index (κ2) is 4.35. The van der Waals surface area contributed by atoms with Crippen LogP contribution in [0.5, 0.6) is 5.75 Å². The highest BCUT2D eigenvalue weighted by molar-refractivity contribution is 6.32. The van der Waals surface area contributed by atoms with Gasteiger partial charge < -0.3 is 10.1 Å². The first-order valence-corrected chi connectivity index (χ1v) is 5.94. The second-order valence-electron chi connectivity index (χ2n) is 4.01. The van der Waals surface area contributed by atoms with Crippen LogP contribution < -0.4 is 10.1 Å². The number of ether oxygens (including phenoxy) is 1. The number of hydrogen-bond acceptors (Lipinski definition) is 2. The van der Waals surface area contributed by atoms with Gasteiger partial charge in [-0.3, -0.25) is 4.79 Å². The zero-order valence-electron chi connectivity index (χ0n) is 9.39. The molecule has 1 heterocycles. The molecular formula is C14H10ClNO2. The molecule has 1 aliphatic rings. The zero-order chi connectivity index (χ0) is 12.5. The molecule has 0 aromatic heterocycles. The summed E-state index contributed by atoms with van der Waals surface area (Å²) >= 11 is 6.07. The van der Waals surface area contributed by atoms with Gasteiger partial charge in [0.1, 0.15) is 0 Å². The predicted octanol–water partition coefficient (Wildman–Crippen LogP) is 3.41. The second-order valence-corrected chi connectivity index (χ2v) is 4.42. The number of anilines is 1. The van der Waals surface area contributed by atoms with Gasteiger partial charge in [0.05, 0.1) is 10.7 Å². The third-order valence-electron chi connectivity index (χ3n) is 2.80. The van der Waals surface area contributed by atoms with Gasteiger partial charge in [-0.05, 0) is 12.1 Å². The summed E-state index contributed by atoms with van der Waals surface area (Å²) in [5.41, 5.74) is 1.42. The van der Waals surface area contributed by atoms with Gasteiger partial charge in [-0.25, -0.2) is 0 Å². The van der Waals surface area contributed by atoms with Crippen molar-refractivity contribution in [1.29, 1.82) is 0 Å². The molecule has 1 atom stereocenters. The Morgan fingerprint density at radius 1 is 1.06 bits per heavy atom. The third-order valence-corrected chi connectivity index (χ3v) is 3.10. The summed E-state index contributed by atoms with van der Waals surface area (Å²) in [5, 5.41) is 3.29. The van der Waals surface area contributed by atoms with Crippen LogP contribution in [-0.4, -0.2) is 5.91 Å². The Morgan fingerprint density at radius 2 is 1.83 bits per heavy atom. The number of carbonyl (C=O) groups excluding carboxylic acids is 1. The van der Waals surface area contributed by atoms with E-state index in [9.17, 15) is 4.79 Å². The van der Waals surface area contributed by atoms with Crippen LogP contribution in [0.1, 0.15) is 11.7 Å². The molecule has 90 valence electrons. The van der Waals surface area contributed by atoms with E-state index in [-0.39, 0.29) is 5.91 Å². The topological polar surface area (TPSA) is 38.3 Å². The molecule has 2 aromatic carbocycles. The first-order chi connectivity index (χ1) is 8.75. The Hall–Kier alpha value is -2.00. The lowest BCUT2D eigenvalue weighted by molar-refractivity contribution is -0.123. The van der Waals surface area contributed by atoms with E-state index in [1.165, 1.54) is 0 Å². The fourth-order valence-electron chi connectivity index (χ4n) is 1.94. The van der Waals surface area contributed by atoms with Crippen molar-refractivity contribution in [3.63, 3.8) is 0 Å². The maximum Gasteiger partial charge on any atom is 0.270 e. The van der Waals surface area contributed by atoms with Crippen molar-refractivity contribution in [3.05, 3.63) is 59.1 Å². The number of amides is 1. The maximum absolute atomic E-state index is 12.0. The molecule has 18 heavy (non-hydrogen) atoms. The standard InChI is InChI=1S/C14H10ClNO2/c15-10-7-4-8-11-13(10)18-12(14(17)16-11)9-5-2-1-3-6-9/h1-8,12H,(H,16,17)/t12-/m0/s1. The first kappa shape index (κ1) is 11.1. The van der Waals surface area contributed by atoms with Crippen molar-refractivity contribution < 1.29 is 9.53 Å². The zero-order valence-corrected chi connectivity index (χ0v) is 10.1. The van der Waals surface area contributed by atoms with E-state index in [4.69, 9.17) is 16.3 Å². The van der Waals surface area contributed by atoms with Crippen LogP contribution in [0.2, 0.25) is 5.02 Å². The molecule has 0 radical (unpaired) electrons. The smallest absolute Gasteiger partial charge is 0.270 e. The molecule has 0 aliphatic carbocycles. The average molecular weight is 260 g/mol. The highest BCUT2D eigenvalue weighted by Crippen LogP contribution is 2.39. The quantitative estimate of drug-likeness (QED) is 0.852. The van der Waals surface area contributed by atoms with Crippen LogP contribution in [0.15, 0.2) is 48.5 Å². The van der Waals surface area contributed by atoms with Crippen molar-refractivity contribution >= 4 is 23.2 Å². The molecule has 1 N–H and O–H groups in total. The molecule has 0 saturated carbocycles. The van der Waals surface area contributed by atoms with Crippen LogP contribution in [0, 0.1) is 0 Å². The predicted molar refractivity (Wildman–Crippen MR) is 69.9 cm³/mol. The van der Waals surface area contributed by atoms with E-state index in [1.54, 1.807) is 18.2 Å². The molecule has 0 fully saturated rings. The van der Waals surface area contributed by atoms with Gasteiger partial charge in [-0.1, -0.05) is 48.0 Å². The highest BCUT2D eigenvalue weighted by Gasteiger charge is 2.30. The van der Waals surface area contributed by atoms with E-state index in [0.717, 1.165) is 5.56 Å². The molecule has 0 saturated heterocycles. The molecule has 2 aromatic rings. The summed E-state index contributed by atoms with van der Waals surface area (Å²) in [6, 6.07) is 14.6. The van der Waals surface area contributed by atoms with Crippen LogP contribution in [0.3, 0.4) is 0 Å². The number of nitrogens with one attached hydrogen (secondary N) is 1. The molecule has 1 amide bonds. The summed E-state index contributed by atoms with van der Waals surface area (Å²) in [4.78, 5) is 12.0. The summed E-state index contributed by atoms with van der Waals surface area (Å²) in [7, 11) is 0. The Balaban J connectivity index is 2.02. The normalized spacial score (nSPS) is 17.6. The van der Waals surface area contributed by atoms with Crippen LogP contribution in [0.4, 0.5) is 5.69 Å². The molecule has 3 rings (SSSR count). The average Bonchev–Trinajstić information content (AvgIpc) is 2.39. The van der Waals surface area contributed by atoms with Crippen molar-refractivity contribution in [1.82, 2.24) is 0 Å². The molecular weight excluding hydrogens is 250 g/mol. The van der Waals surface area contributed by atoms with Gasteiger partial charge >= 0.3 is 0 Å². The third kappa shape index (κ3) is 1.83. The molecule has 4 heteroatoms. The lowest BCUT2D eigenvalue weighted by atomic mass is 10.1. The van der Waals surface area contributed by atoms with Crippen molar-refractivity contribution in [2.24, 2.45) is 0 Å². The van der Waals surface area contributed by atoms with E-state index in [2.05, 4.69) is 5.32 Å². The SMILES string of the molecule is O=C1Nc2cccc(Cl)c2O[C@H]1c1ccccc1. The number of fused-ring (bicyclic) bond motifs is 1. The van der Waals surface area contributed by atoms with Gasteiger partial charge in [-0.2, -0.15) is 0 Å². The Bertz CT molecular complexity index is 598. The van der Waals surface area contributed by atoms with Gasteiger partial charge in [0, 0.05) is 5.56 Å². The number of rotatable bonds is 1. The highest BCUT2D eigenvalue weighted by atomic mass is 35.5. The van der Waals surface area contributed by atoms with Crippen molar-refractivity contribution in [2.75, 3.05) is 5.32 Å². The lowest BCUT2D eigenvalue weighted by Gasteiger charge is -2.26. The van der Waals surface area contributed by atoms with E-state index >= 15 is 0 Å². The Morgan fingerprint density at radius 3 is 2.61 bits per heavy atom. The summed E-state index contributed by atoms with van der Waals surface area (Å²) in [5.74, 6) is 0.337. The van der Waals surface area contributed by atoms with Crippen molar-refractivity contribution in [2.45, 2.75) is 6.10 Å². The maximum atomic E-state index is 12.0. The molecule has 0 spiro atoms. The van der Waals surface area contributed by atoms with E-state index in [1.807, 2.05) is 30.3 Å². The minimum atomic E-state index is -0.654. The number of benzene rings is 2. The monoisotopic (exact) mass is 259 g/mol. The number of hydrogen-bond donors (Lipinski definition) is 1. The number of halogens is 1. The summed E-state index contributed by atoms with van der Waals surface area (Å²) in [6.07, 6.45) is -0.654. The lowest BCUT2D eigenvalue weighted by Crippen LogP contribution is -2.30. The Labute approximate surface area is 109 Å². The minimum Gasteiger partial charge on any atom is -0.472 e. The van der Waals surface area contributed by atoms with Gasteiger partial charge in [0.15, 0.2) is 5.75 Å². The van der Waals surface area contributed by atoms with Gasteiger partial charge in [0.2, 0.25) is 6.10 Å². The van der Waals surface area contributed by atoms with E-state index < -0.39 is 6.10 Å². The van der Waals surface area contributed by atoms with Crippen LogP contribution >= 0.6 is 11.6 Å². The Kier molecular flexibility index (Phi) is 2.68. The molecule has 3 nitrogen and oxygen atoms in total. The summed E-state index contributed by atoms with van der Waals surface area (Å²) in [6.45, 7) is 0. The minimum absolute atomic E-state index is 0.184. The van der Waals surface area contributed by atoms with Gasteiger partial charge in [-0.15, -0.1) is 0 Å². The fourth-order valence-corrected chi connectivity index (χ4v) is 2.16. The van der Waals surface area contributed by atoms with E-state index in [0.29, 0.717) is 16.5 Å². The number of carbonyl (C=O) groups is 1.